The minimum Gasteiger partial charge on any atom is -0.497 e. The summed E-state index contributed by atoms with van der Waals surface area (Å²) in [4.78, 5) is 35.6. The lowest BCUT2D eigenvalue weighted by Crippen LogP contribution is -2.41. The van der Waals surface area contributed by atoms with Gasteiger partial charge >= 0.3 is 0 Å². The molecule has 3 N–H and O–H groups in total. The Labute approximate surface area is 170 Å². The van der Waals surface area contributed by atoms with Crippen LogP contribution >= 0.6 is 0 Å². The van der Waals surface area contributed by atoms with Gasteiger partial charge in [-0.25, -0.2) is 0 Å². The lowest BCUT2D eigenvalue weighted by molar-refractivity contribution is -0.128. The molecule has 0 aliphatic heterocycles. The molecule has 7 nitrogen and oxygen atoms in total. The van der Waals surface area contributed by atoms with Crippen molar-refractivity contribution in [2.45, 2.75) is 26.7 Å². The zero-order valence-electron chi connectivity index (χ0n) is 16.7. The normalized spacial score (nSPS) is 10.4. The van der Waals surface area contributed by atoms with Crippen LogP contribution < -0.4 is 20.9 Å². The number of methoxy groups -OCH3 is 1. The van der Waals surface area contributed by atoms with E-state index in [2.05, 4.69) is 16.2 Å². The molecule has 7 heteroatoms. The molecule has 0 saturated carbocycles. The van der Waals surface area contributed by atoms with Gasteiger partial charge < -0.3 is 10.1 Å². The number of benzene rings is 2. The standard InChI is InChI=1S/C22H25N3O4/c1-15-4-10-19(16(2)14-15)23-20(26)12-13-22(28)25-24-21(27)11-7-17-5-8-18(29-3)9-6-17/h4-11,14H,12-13H2,1-3H3,(H,23,26)(H,24,27)(H,25,28)/b11-7+. The van der Waals surface area contributed by atoms with E-state index in [9.17, 15) is 14.4 Å². The van der Waals surface area contributed by atoms with Gasteiger partial charge in [0, 0.05) is 24.6 Å². The van der Waals surface area contributed by atoms with Crippen molar-refractivity contribution in [3.63, 3.8) is 0 Å². The van der Waals surface area contributed by atoms with Crippen LogP contribution in [0.1, 0.15) is 29.5 Å². The predicted molar refractivity (Wildman–Crippen MR) is 112 cm³/mol. The van der Waals surface area contributed by atoms with Crippen molar-refractivity contribution in [3.05, 3.63) is 65.2 Å². The van der Waals surface area contributed by atoms with E-state index >= 15 is 0 Å². The first-order valence-electron chi connectivity index (χ1n) is 9.15. The Morgan fingerprint density at radius 2 is 1.62 bits per heavy atom. The molecule has 29 heavy (non-hydrogen) atoms. The van der Waals surface area contributed by atoms with Crippen LogP contribution in [-0.4, -0.2) is 24.8 Å². The molecule has 0 aromatic heterocycles. The maximum absolute atomic E-state index is 12.0. The van der Waals surface area contributed by atoms with E-state index in [1.807, 2.05) is 32.0 Å². The smallest absolute Gasteiger partial charge is 0.262 e. The Balaban J connectivity index is 1.70. The van der Waals surface area contributed by atoms with Crippen molar-refractivity contribution in [2.75, 3.05) is 12.4 Å². The molecule has 0 radical (unpaired) electrons. The molecule has 0 aliphatic carbocycles. The summed E-state index contributed by atoms with van der Waals surface area (Å²) in [6, 6.07) is 12.9. The van der Waals surface area contributed by atoms with Gasteiger partial charge in [-0.2, -0.15) is 0 Å². The SMILES string of the molecule is COc1ccc(/C=C/C(=O)NNC(=O)CCC(=O)Nc2ccc(C)cc2C)cc1. The molecule has 0 fully saturated rings. The summed E-state index contributed by atoms with van der Waals surface area (Å²) in [6.07, 6.45) is 2.88. The molecule has 0 atom stereocenters. The summed E-state index contributed by atoms with van der Waals surface area (Å²) in [5.41, 5.74) is 8.17. The molecule has 2 rings (SSSR count). The van der Waals surface area contributed by atoms with Crippen molar-refractivity contribution in [3.8, 4) is 5.75 Å². The van der Waals surface area contributed by atoms with Crippen molar-refractivity contribution in [1.29, 1.82) is 0 Å². The number of amides is 3. The highest BCUT2D eigenvalue weighted by Gasteiger charge is 2.09. The van der Waals surface area contributed by atoms with Gasteiger partial charge in [-0.15, -0.1) is 0 Å². The molecular weight excluding hydrogens is 370 g/mol. The van der Waals surface area contributed by atoms with Gasteiger partial charge in [-0.05, 0) is 49.2 Å². The predicted octanol–water partition coefficient (Wildman–Crippen LogP) is 2.89. The van der Waals surface area contributed by atoms with Gasteiger partial charge in [0.15, 0.2) is 0 Å². The highest BCUT2D eigenvalue weighted by molar-refractivity contribution is 5.95. The number of aryl methyl sites for hydroxylation is 2. The zero-order chi connectivity index (χ0) is 21.2. The van der Waals surface area contributed by atoms with Crippen LogP contribution in [0.2, 0.25) is 0 Å². The van der Waals surface area contributed by atoms with Gasteiger partial charge in [0.2, 0.25) is 11.8 Å². The quantitative estimate of drug-likeness (QED) is 0.496. The van der Waals surface area contributed by atoms with Crippen LogP contribution in [0.3, 0.4) is 0 Å². The Morgan fingerprint density at radius 3 is 2.28 bits per heavy atom. The number of hydrogen-bond donors (Lipinski definition) is 3. The Kier molecular flexibility index (Phi) is 7.97. The number of nitrogens with one attached hydrogen (secondary N) is 3. The molecule has 0 unspecified atom stereocenters. The summed E-state index contributed by atoms with van der Waals surface area (Å²) in [5.74, 6) is -0.473. The molecule has 2 aromatic carbocycles. The second-order valence-electron chi connectivity index (χ2n) is 6.51. The van der Waals surface area contributed by atoms with Crippen LogP contribution in [0.5, 0.6) is 5.75 Å². The number of hydrazine groups is 1. The first-order valence-corrected chi connectivity index (χ1v) is 9.15. The number of ether oxygens (including phenoxy) is 1. The molecule has 0 spiro atoms. The Bertz CT molecular complexity index is 905. The van der Waals surface area contributed by atoms with Gasteiger partial charge in [0.1, 0.15) is 5.75 Å². The van der Waals surface area contributed by atoms with Crippen molar-refractivity contribution >= 4 is 29.5 Å². The van der Waals surface area contributed by atoms with Gasteiger partial charge in [0.05, 0.1) is 7.11 Å². The molecule has 0 saturated heterocycles. The summed E-state index contributed by atoms with van der Waals surface area (Å²) in [5, 5.41) is 2.78. The lowest BCUT2D eigenvalue weighted by atomic mass is 10.1. The fourth-order valence-electron chi connectivity index (χ4n) is 2.52. The first-order chi connectivity index (χ1) is 13.9. The third kappa shape index (κ3) is 7.50. The second kappa shape index (κ2) is 10.7. The minimum atomic E-state index is -0.478. The third-order valence-electron chi connectivity index (χ3n) is 4.10. The lowest BCUT2D eigenvalue weighted by Gasteiger charge is -2.09. The Morgan fingerprint density at radius 1 is 0.931 bits per heavy atom. The maximum Gasteiger partial charge on any atom is 0.262 e. The van der Waals surface area contributed by atoms with Crippen molar-refractivity contribution in [2.24, 2.45) is 0 Å². The van der Waals surface area contributed by atoms with Crippen molar-refractivity contribution < 1.29 is 19.1 Å². The van der Waals surface area contributed by atoms with E-state index in [-0.39, 0.29) is 18.7 Å². The molecule has 2 aromatic rings. The van der Waals surface area contributed by atoms with Gasteiger partial charge in [0.25, 0.3) is 5.91 Å². The molecule has 0 heterocycles. The highest BCUT2D eigenvalue weighted by atomic mass is 16.5. The molecular formula is C22H25N3O4. The summed E-state index contributed by atoms with van der Waals surface area (Å²) < 4.78 is 5.06. The van der Waals surface area contributed by atoms with E-state index in [4.69, 9.17) is 4.74 Å². The number of rotatable bonds is 7. The topological polar surface area (TPSA) is 96.5 Å². The van der Waals surface area contributed by atoms with Gasteiger partial charge in [-0.3, -0.25) is 25.2 Å². The monoisotopic (exact) mass is 395 g/mol. The van der Waals surface area contributed by atoms with Crippen LogP contribution in [0.15, 0.2) is 48.5 Å². The summed E-state index contributed by atoms with van der Waals surface area (Å²) >= 11 is 0. The molecule has 3 amide bonds. The number of anilines is 1. The summed E-state index contributed by atoms with van der Waals surface area (Å²) in [7, 11) is 1.58. The highest BCUT2D eigenvalue weighted by Crippen LogP contribution is 2.16. The molecule has 152 valence electrons. The van der Waals surface area contributed by atoms with E-state index in [1.54, 1.807) is 37.5 Å². The number of hydrogen-bond acceptors (Lipinski definition) is 4. The largest absolute Gasteiger partial charge is 0.497 e. The van der Waals surface area contributed by atoms with Crippen LogP contribution in [0, 0.1) is 13.8 Å². The third-order valence-corrected chi connectivity index (χ3v) is 4.10. The van der Waals surface area contributed by atoms with Crippen molar-refractivity contribution in [1.82, 2.24) is 10.9 Å². The van der Waals surface area contributed by atoms with E-state index in [1.165, 1.54) is 6.08 Å². The molecule has 0 bridgehead atoms. The summed E-state index contributed by atoms with van der Waals surface area (Å²) in [6.45, 7) is 3.88. The second-order valence-corrected chi connectivity index (χ2v) is 6.51. The van der Waals surface area contributed by atoms with Gasteiger partial charge in [-0.1, -0.05) is 29.8 Å². The minimum absolute atomic E-state index is 0.0106. The van der Waals surface area contributed by atoms with Crippen LogP contribution in [0.4, 0.5) is 5.69 Å². The zero-order valence-corrected chi connectivity index (χ0v) is 16.7. The average molecular weight is 395 g/mol. The van der Waals surface area contributed by atoms with E-state index in [0.29, 0.717) is 0 Å². The Hall–Kier alpha value is -3.61. The fourth-order valence-corrected chi connectivity index (χ4v) is 2.52. The van der Waals surface area contributed by atoms with E-state index < -0.39 is 11.8 Å². The van der Waals surface area contributed by atoms with Crippen LogP contribution in [0.25, 0.3) is 6.08 Å². The first kappa shape index (κ1) is 21.7. The average Bonchev–Trinajstić information content (AvgIpc) is 2.71. The van der Waals surface area contributed by atoms with E-state index in [0.717, 1.165) is 28.1 Å². The molecule has 0 aliphatic rings. The number of carbonyl (C=O) groups is 3. The number of carbonyl (C=O) groups excluding carboxylic acids is 3. The maximum atomic E-state index is 12.0. The van der Waals surface area contributed by atoms with Crippen LogP contribution in [-0.2, 0) is 14.4 Å². The fraction of sp³-hybridized carbons (Fsp3) is 0.227.